The molecule has 0 saturated heterocycles. The molecule has 0 atom stereocenters. The van der Waals surface area contributed by atoms with E-state index in [-0.39, 0.29) is 17.0 Å². The van der Waals surface area contributed by atoms with E-state index >= 15 is 0 Å². The molecule has 0 aliphatic rings. The van der Waals surface area contributed by atoms with Crippen molar-refractivity contribution in [3.8, 4) is 0 Å². The Balaban J connectivity index is 2.91. The summed E-state index contributed by atoms with van der Waals surface area (Å²) in [4.78, 5) is 16.5. The van der Waals surface area contributed by atoms with Gasteiger partial charge in [0.25, 0.3) is 5.91 Å². The zero-order valence-electron chi connectivity index (χ0n) is 10.3. The fraction of sp³-hybridized carbons (Fsp3) is 0.417. The van der Waals surface area contributed by atoms with Crippen LogP contribution in [-0.4, -0.2) is 12.5 Å². The molecule has 0 spiro atoms. The number of nitrogens with one attached hydrogen (secondary N) is 1. The van der Waals surface area contributed by atoms with Crippen molar-refractivity contribution in [2.45, 2.75) is 20.0 Å². The van der Waals surface area contributed by atoms with Crippen LogP contribution in [0.5, 0.6) is 0 Å². The first-order valence-corrected chi connectivity index (χ1v) is 6.30. The first kappa shape index (κ1) is 16.0. The van der Waals surface area contributed by atoms with Gasteiger partial charge in [0.15, 0.2) is 0 Å². The molecular formula is C12H13BrF3NO2. The number of carbonyl (C=O) groups excluding carboxylic acids is 1. The van der Waals surface area contributed by atoms with Gasteiger partial charge in [-0.25, -0.2) is 5.48 Å². The topological polar surface area (TPSA) is 38.3 Å². The summed E-state index contributed by atoms with van der Waals surface area (Å²) in [5.41, 5.74) is 0.528. The number of carbonyl (C=O) groups is 1. The maximum atomic E-state index is 12.8. The van der Waals surface area contributed by atoms with Gasteiger partial charge in [0.1, 0.15) is 0 Å². The number of alkyl halides is 3. The van der Waals surface area contributed by atoms with Gasteiger partial charge in [-0.3, -0.25) is 9.63 Å². The van der Waals surface area contributed by atoms with Crippen LogP contribution in [0.4, 0.5) is 13.2 Å². The lowest BCUT2D eigenvalue weighted by molar-refractivity contribution is -0.138. The molecule has 7 heteroatoms. The highest BCUT2D eigenvalue weighted by Crippen LogP contribution is 2.33. The summed E-state index contributed by atoms with van der Waals surface area (Å²) in [5.74, 6) is -0.757. The summed E-state index contributed by atoms with van der Waals surface area (Å²) in [5, 5.41) is 0. The Morgan fingerprint density at radius 2 is 2.05 bits per heavy atom. The van der Waals surface area contributed by atoms with E-state index in [9.17, 15) is 18.0 Å². The quantitative estimate of drug-likeness (QED) is 0.847. The third kappa shape index (κ3) is 4.83. The Morgan fingerprint density at radius 3 is 2.58 bits per heavy atom. The molecule has 106 valence electrons. The SMILES string of the molecule is CC(C)CONC(=O)c1ccc(Br)cc1C(F)(F)F. The maximum absolute atomic E-state index is 12.8. The van der Waals surface area contributed by atoms with Crippen LogP contribution in [-0.2, 0) is 11.0 Å². The van der Waals surface area contributed by atoms with Gasteiger partial charge >= 0.3 is 6.18 Å². The standard InChI is InChI=1S/C12H13BrF3NO2/c1-7(2)6-19-17-11(18)9-4-3-8(13)5-10(9)12(14,15)16/h3-5,7H,6H2,1-2H3,(H,17,18). The van der Waals surface area contributed by atoms with E-state index in [4.69, 9.17) is 4.84 Å². The normalized spacial score (nSPS) is 11.7. The number of hydroxylamine groups is 1. The number of rotatable bonds is 4. The highest BCUT2D eigenvalue weighted by Gasteiger charge is 2.35. The number of benzene rings is 1. The van der Waals surface area contributed by atoms with E-state index in [2.05, 4.69) is 15.9 Å². The van der Waals surface area contributed by atoms with Crippen molar-refractivity contribution in [3.05, 3.63) is 33.8 Å². The predicted molar refractivity (Wildman–Crippen MR) is 67.4 cm³/mol. The second kappa shape index (κ2) is 6.38. The van der Waals surface area contributed by atoms with Crippen molar-refractivity contribution in [3.63, 3.8) is 0 Å². The average molecular weight is 340 g/mol. The fourth-order valence-corrected chi connectivity index (χ4v) is 1.64. The smallest absolute Gasteiger partial charge is 0.273 e. The van der Waals surface area contributed by atoms with Crippen LogP contribution in [0.15, 0.2) is 22.7 Å². The van der Waals surface area contributed by atoms with E-state index < -0.39 is 23.2 Å². The Morgan fingerprint density at radius 1 is 1.42 bits per heavy atom. The molecule has 19 heavy (non-hydrogen) atoms. The largest absolute Gasteiger partial charge is 0.417 e. The van der Waals surface area contributed by atoms with Crippen LogP contribution in [0, 0.1) is 5.92 Å². The molecule has 1 rings (SSSR count). The van der Waals surface area contributed by atoms with Crippen molar-refractivity contribution >= 4 is 21.8 Å². The van der Waals surface area contributed by atoms with Crippen molar-refractivity contribution in [2.75, 3.05) is 6.61 Å². The lowest BCUT2D eigenvalue weighted by Crippen LogP contribution is -2.28. The fourth-order valence-electron chi connectivity index (χ4n) is 1.28. The molecule has 1 N–H and O–H groups in total. The Bertz CT molecular complexity index is 461. The van der Waals surface area contributed by atoms with Gasteiger partial charge in [-0.15, -0.1) is 0 Å². The molecule has 1 aromatic rings. The second-order valence-corrected chi connectivity index (χ2v) is 5.24. The molecule has 0 aliphatic heterocycles. The van der Waals surface area contributed by atoms with E-state index in [1.54, 1.807) is 0 Å². The highest BCUT2D eigenvalue weighted by molar-refractivity contribution is 9.10. The highest BCUT2D eigenvalue weighted by atomic mass is 79.9. The summed E-state index contributed by atoms with van der Waals surface area (Å²) in [6.07, 6.45) is -4.60. The molecule has 0 unspecified atom stereocenters. The number of amides is 1. The number of hydrogen-bond donors (Lipinski definition) is 1. The maximum Gasteiger partial charge on any atom is 0.417 e. The minimum atomic E-state index is -4.60. The molecule has 0 aromatic heterocycles. The number of hydrogen-bond acceptors (Lipinski definition) is 2. The Labute approximate surface area is 117 Å². The van der Waals surface area contributed by atoms with Gasteiger partial charge in [-0.1, -0.05) is 29.8 Å². The van der Waals surface area contributed by atoms with Crippen molar-refractivity contribution in [1.82, 2.24) is 5.48 Å². The van der Waals surface area contributed by atoms with Gasteiger partial charge in [0, 0.05) is 4.47 Å². The first-order chi connectivity index (χ1) is 8.71. The summed E-state index contributed by atoms with van der Waals surface area (Å²) in [6, 6.07) is 3.32. The van der Waals surface area contributed by atoms with Gasteiger partial charge in [0.2, 0.25) is 0 Å². The molecule has 0 fully saturated rings. The lowest BCUT2D eigenvalue weighted by atomic mass is 10.1. The van der Waals surface area contributed by atoms with E-state index in [1.807, 2.05) is 19.3 Å². The molecule has 0 heterocycles. The third-order valence-corrected chi connectivity index (χ3v) is 2.61. The molecule has 0 aliphatic carbocycles. The summed E-state index contributed by atoms with van der Waals surface area (Å²) >= 11 is 2.95. The monoisotopic (exact) mass is 339 g/mol. The van der Waals surface area contributed by atoms with Crippen molar-refractivity contribution < 1.29 is 22.8 Å². The van der Waals surface area contributed by atoms with E-state index in [1.165, 1.54) is 6.07 Å². The van der Waals surface area contributed by atoms with Crippen LogP contribution in [0.25, 0.3) is 0 Å². The van der Waals surface area contributed by atoms with Crippen LogP contribution in [0.3, 0.4) is 0 Å². The zero-order valence-corrected chi connectivity index (χ0v) is 11.9. The Hall–Kier alpha value is -1.08. The third-order valence-electron chi connectivity index (χ3n) is 2.11. The molecular weight excluding hydrogens is 327 g/mol. The summed E-state index contributed by atoms with van der Waals surface area (Å²) < 4.78 is 38.6. The Kier molecular flexibility index (Phi) is 5.37. The molecule has 1 amide bonds. The van der Waals surface area contributed by atoms with Gasteiger partial charge in [-0.05, 0) is 24.1 Å². The molecule has 0 saturated carbocycles. The summed E-state index contributed by atoms with van der Waals surface area (Å²) in [6.45, 7) is 3.93. The molecule has 0 radical (unpaired) electrons. The molecule has 1 aromatic carbocycles. The van der Waals surface area contributed by atoms with Crippen molar-refractivity contribution in [2.24, 2.45) is 5.92 Å². The molecule has 3 nitrogen and oxygen atoms in total. The van der Waals surface area contributed by atoms with E-state index in [0.29, 0.717) is 0 Å². The second-order valence-electron chi connectivity index (χ2n) is 4.32. The van der Waals surface area contributed by atoms with Crippen LogP contribution in [0.2, 0.25) is 0 Å². The molecule has 0 bridgehead atoms. The number of halogens is 4. The van der Waals surface area contributed by atoms with Gasteiger partial charge < -0.3 is 0 Å². The van der Waals surface area contributed by atoms with Crippen LogP contribution < -0.4 is 5.48 Å². The average Bonchev–Trinajstić information content (AvgIpc) is 2.27. The van der Waals surface area contributed by atoms with Gasteiger partial charge in [0.05, 0.1) is 17.7 Å². The minimum absolute atomic E-state index is 0.160. The first-order valence-electron chi connectivity index (χ1n) is 5.50. The predicted octanol–water partition coefficient (Wildman–Crippen LogP) is 3.79. The van der Waals surface area contributed by atoms with Crippen LogP contribution in [0.1, 0.15) is 29.8 Å². The lowest BCUT2D eigenvalue weighted by Gasteiger charge is -2.13. The van der Waals surface area contributed by atoms with Crippen LogP contribution >= 0.6 is 15.9 Å². The van der Waals surface area contributed by atoms with Gasteiger partial charge in [-0.2, -0.15) is 13.2 Å². The van der Waals surface area contributed by atoms with E-state index in [0.717, 1.165) is 12.1 Å². The van der Waals surface area contributed by atoms with Crippen molar-refractivity contribution in [1.29, 1.82) is 0 Å². The zero-order chi connectivity index (χ0) is 14.6. The summed E-state index contributed by atoms with van der Waals surface area (Å²) in [7, 11) is 0. The minimum Gasteiger partial charge on any atom is -0.273 e.